The van der Waals surface area contributed by atoms with Crippen molar-refractivity contribution in [1.82, 2.24) is 0 Å². The van der Waals surface area contributed by atoms with E-state index in [0.717, 1.165) is 10.9 Å². The highest BCUT2D eigenvalue weighted by atomic mass is 79.9. The molecule has 0 aliphatic heterocycles. The highest BCUT2D eigenvalue weighted by Gasteiger charge is 2.44. The van der Waals surface area contributed by atoms with E-state index >= 15 is 0 Å². The van der Waals surface area contributed by atoms with Crippen LogP contribution in [0.3, 0.4) is 0 Å². The molecule has 1 aromatic rings. The summed E-state index contributed by atoms with van der Waals surface area (Å²) in [5.74, 6) is 0.429. The highest BCUT2D eigenvalue weighted by molar-refractivity contribution is 9.10. The number of nitrogens with zero attached hydrogens (tertiary/aromatic N) is 1. The molecule has 1 aromatic carbocycles. The van der Waals surface area contributed by atoms with Crippen LogP contribution in [0, 0.1) is 16.7 Å². The van der Waals surface area contributed by atoms with E-state index in [1.54, 1.807) is 25.3 Å². The Morgan fingerprint density at radius 3 is 2.78 bits per heavy atom. The smallest absolute Gasteiger partial charge is 0.244 e. The number of nitriles is 1. The molecule has 2 rings (SSSR count). The van der Waals surface area contributed by atoms with E-state index in [4.69, 9.17) is 10.00 Å². The third-order valence-electron chi connectivity index (χ3n) is 3.28. The van der Waals surface area contributed by atoms with Crippen LogP contribution in [0.15, 0.2) is 22.7 Å². The SMILES string of the molecule is COc1ccc(Br)c(NC(=O)C2(C#N)CCC2)c1. The zero-order valence-corrected chi connectivity index (χ0v) is 11.6. The molecule has 1 aliphatic carbocycles. The Morgan fingerprint density at radius 2 is 2.28 bits per heavy atom. The Labute approximate surface area is 114 Å². The fourth-order valence-electron chi connectivity index (χ4n) is 1.89. The Bertz CT molecular complexity index is 518. The van der Waals surface area contributed by atoms with Gasteiger partial charge >= 0.3 is 0 Å². The summed E-state index contributed by atoms with van der Waals surface area (Å²) in [5, 5.41) is 11.9. The average Bonchev–Trinajstić information content (AvgIpc) is 2.31. The van der Waals surface area contributed by atoms with Gasteiger partial charge in [0, 0.05) is 10.5 Å². The molecular weight excluding hydrogens is 296 g/mol. The molecule has 0 atom stereocenters. The minimum atomic E-state index is -0.845. The number of anilines is 1. The van der Waals surface area contributed by atoms with Gasteiger partial charge in [0.25, 0.3) is 0 Å². The molecule has 5 heteroatoms. The molecular formula is C13H13BrN2O2. The molecule has 1 saturated carbocycles. The van der Waals surface area contributed by atoms with E-state index < -0.39 is 5.41 Å². The van der Waals surface area contributed by atoms with Gasteiger partial charge in [0.15, 0.2) is 0 Å². The van der Waals surface area contributed by atoms with Crippen molar-refractivity contribution in [1.29, 1.82) is 5.26 Å². The molecule has 0 bridgehead atoms. The van der Waals surface area contributed by atoms with Crippen molar-refractivity contribution in [2.75, 3.05) is 12.4 Å². The first-order valence-corrected chi connectivity index (χ1v) is 6.47. The second-order valence-corrected chi connectivity index (χ2v) is 5.20. The van der Waals surface area contributed by atoms with Gasteiger partial charge in [-0.3, -0.25) is 4.79 Å². The zero-order valence-electron chi connectivity index (χ0n) is 10.00. The number of hydrogen-bond donors (Lipinski definition) is 1. The molecule has 18 heavy (non-hydrogen) atoms. The quantitative estimate of drug-likeness (QED) is 0.933. The lowest BCUT2D eigenvalue weighted by atomic mass is 9.69. The van der Waals surface area contributed by atoms with E-state index in [2.05, 4.69) is 27.3 Å². The Balaban J connectivity index is 2.19. The number of halogens is 1. The van der Waals surface area contributed by atoms with Crippen molar-refractivity contribution in [2.24, 2.45) is 5.41 Å². The molecule has 1 N–H and O–H groups in total. The first kappa shape index (κ1) is 12.9. The molecule has 4 nitrogen and oxygen atoms in total. The molecule has 1 aliphatic rings. The Hall–Kier alpha value is -1.54. The number of carbonyl (C=O) groups excluding carboxylic acids is 1. The maximum absolute atomic E-state index is 12.1. The van der Waals surface area contributed by atoms with Gasteiger partial charge in [-0.15, -0.1) is 0 Å². The van der Waals surface area contributed by atoms with E-state index in [9.17, 15) is 4.79 Å². The standard InChI is InChI=1S/C13H13BrN2O2/c1-18-9-3-4-10(14)11(7-9)16-12(17)13(8-15)5-2-6-13/h3-4,7H,2,5-6H2,1H3,(H,16,17). The summed E-state index contributed by atoms with van der Waals surface area (Å²) < 4.78 is 5.87. The number of rotatable bonds is 3. The van der Waals surface area contributed by atoms with Gasteiger partial charge in [-0.1, -0.05) is 0 Å². The van der Waals surface area contributed by atoms with Gasteiger partial charge in [-0.2, -0.15) is 5.26 Å². The monoisotopic (exact) mass is 308 g/mol. The van der Waals surface area contributed by atoms with Gasteiger partial charge in [-0.25, -0.2) is 0 Å². The van der Waals surface area contributed by atoms with Gasteiger partial charge in [0.05, 0.1) is 18.9 Å². The largest absolute Gasteiger partial charge is 0.497 e. The van der Waals surface area contributed by atoms with Crippen LogP contribution >= 0.6 is 15.9 Å². The van der Waals surface area contributed by atoms with Crippen molar-refractivity contribution < 1.29 is 9.53 Å². The van der Waals surface area contributed by atoms with E-state index in [-0.39, 0.29) is 5.91 Å². The van der Waals surface area contributed by atoms with Gasteiger partial charge in [-0.05, 0) is 47.3 Å². The Kier molecular flexibility index (Phi) is 3.58. The normalized spacial score (nSPS) is 16.3. The number of benzene rings is 1. The molecule has 0 spiro atoms. The summed E-state index contributed by atoms with van der Waals surface area (Å²) in [5.41, 5.74) is -0.219. The third kappa shape index (κ3) is 2.21. The molecule has 0 radical (unpaired) electrons. The number of carbonyl (C=O) groups is 1. The topological polar surface area (TPSA) is 62.1 Å². The van der Waals surface area contributed by atoms with Crippen LogP contribution in [-0.2, 0) is 4.79 Å². The number of ether oxygens (including phenoxy) is 1. The second kappa shape index (κ2) is 4.99. The lowest BCUT2D eigenvalue weighted by Crippen LogP contribution is -2.40. The van der Waals surface area contributed by atoms with Gasteiger partial charge < -0.3 is 10.1 Å². The van der Waals surface area contributed by atoms with Crippen molar-refractivity contribution in [3.05, 3.63) is 22.7 Å². The summed E-state index contributed by atoms with van der Waals surface area (Å²) >= 11 is 3.36. The summed E-state index contributed by atoms with van der Waals surface area (Å²) in [7, 11) is 1.57. The maximum atomic E-state index is 12.1. The predicted octanol–water partition coefficient (Wildman–Crippen LogP) is 3.09. The lowest BCUT2D eigenvalue weighted by Gasteiger charge is -2.33. The van der Waals surface area contributed by atoms with Crippen LogP contribution in [0.5, 0.6) is 5.75 Å². The van der Waals surface area contributed by atoms with Crippen LogP contribution in [0.25, 0.3) is 0 Å². The van der Waals surface area contributed by atoms with E-state index in [1.165, 1.54) is 0 Å². The molecule has 0 unspecified atom stereocenters. The van der Waals surface area contributed by atoms with Crippen LogP contribution in [0.2, 0.25) is 0 Å². The molecule has 0 aromatic heterocycles. The summed E-state index contributed by atoms with van der Waals surface area (Å²) in [6, 6.07) is 7.45. The van der Waals surface area contributed by atoms with Crippen molar-refractivity contribution >= 4 is 27.5 Å². The second-order valence-electron chi connectivity index (χ2n) is 4.35. The molecule has 0 heterocycles. The van der Waals surface area contributed by atoms with Gasteiger partial charge in [0.1, 0.15) is 11.2 Å². The first-order chi connectivity index (χ1) is 8.61. The molecule has 1 fully saturated rings. The molecule has 94 valence electrons. The summed E-state index contributed by atoms with van der Waals surface area (Å²) in [6.45, 7) is 0. The van der Waals surface area contributed by atoms with Crippen LogP contribution in [0.4, 0.5) is 5.69 Å². The zero-order chi connectivity index (χ0) is 13.2. The summed E-state index contributed by atoms with van der Waals surface area (Å²) in [4.78, 5) is 12.1. The number of methoxy groups -OCH3 is 1. The lowest BCUT2D eigenvalue weighted by molar-refractivity contribution is -0.126. The number of hydrogen-bond acceptors (Lipinski definition) is 3. The van der Waals surface area contributed by atoms with Crippen molar-refractivity contribution in [3.63, 3.8) is 0 Å². The van der Waals surface area contributed by atoms with Gasteiger partial charge in [0.2, 0.25) is 5.91 Å². The fourth-order valence-corrected chi connectivity index (χ4v) is 2.23. The minimum absolute atomic E-state index is 0.231. The first-order valence-electron chi connectivity index (χ1n) is 5.67. The third-order valence-corrected chi connectivity index (χ3v) is 3.97. The van der Waals surface area contributed by atoms with Crippen molar-refractivity contribution in [2.45, 2.75) is 19.3 Å². The highest BCUT2D eigenvalue weighted by Crippen LogP contribution is 2.41. The van der Waals surface area contributed by atoms with Crippen LogP contribution < -0.4 is 10.1 Å². The predicted molar refractivity (Wildman–Crippen MR) is 71.2 cm³/mol. The Morgan fingerprint density at radius 1 is 1.56 bits per heavy atom. The number of nitrogens with one attached hydrogen (secondary N) is 1. The molecule has 0 saturated heterocycles. The van der Waals surface area contributed by atoms with Crippen LogP contribution in [0.1, 0.15) is 19.3 Å². The maximum Gasteiger partial charge on any atom is 0.244 e. The summed E-state index contributed by atoms with van der Waals surface area (Å²) in [6.07, 6.45) is 2.20. The van der Waals surface area contributed by atoms with E-state index in [1.807, 2.05) is 0 Å². The minimum Gasteiger partial charge on any atom is -0.497 e. The fraction of sp³-hybridized carbons (Fsp3) is 0.385. The van der Waals surface area contributed by atoms with Crippen molar-refractivity contribution in [3.8, 4) is 11.8 Å². The average molecular weight is 309 g/mol. The molecule has 1 amide bonds. The van der Waals surface area contributed by atoms with E-state index in [0.29, 0.717) is 24.3 Å². The van der Waals surface area contributed by atoms with Crippen LogP contribution in [-0.4, -0.2) is 13.0 Å². The number of amides is 1.